The fraction of sp³-hybridized carbons (Fsp3) is 0.900. The fourth-order valence-electron chi connectivity index (χ4n) is 1.79. The molecule has 0 amide bonds. The first-order chi connectivity index (χ1) is 7.00. The predicted octanol–water partition coefficient (Wildman–Crippen LogP) is -0.509. The Morgan fingerprint density at radius 3 is 2.47 bits per heavy atom. The summed E-state index contributed by atoms with van der Waals surface area (Å²) in [7, 11) is 0. The maximum Gasteiger partial charge on any atom is 0.306 e. The van der Waals surface area contributed by atoms with Crippen LogP contribution in [0.4, 0.5) is 0 Å². The van der Waals surface area contributed by atoms with E-state index in [0.717, 1.165) is 13.1 Å². The number of β-amino-alcohol motifs (C(OH)–C–C–N with tert-alkyl or cyclic N) is 1. The summed E-state index contributed by atoms with van der Waals surface area (Å²) in [5.74, 6) is -0.920. The van der Waals surface area contributed by atoms with E-state index in [1.807, 2.05) is 0 Å². The normalized spacial score (nSPS) is 23.7. The summed E-state index contributed by atoms with van der Waals surface area (Å²) >= 11 is 0. The van der Waals surface area contributed by atoms with Crippen LogP contribution < -0.4 is 5.73 Å². The maximum atomic E-state index is 10.7. The van der Waals surface area contributed by atoms with Gasteiger partial charge in [0.25, 0.3) is 0 Å². The first-order valence-corrected chi connectivity index (χ1v) is 5.39. The average molecular weight is 216 g/mol. The highest BCUT2D eigenvalue weighted by Gasteiger charge is 2.25. The number of carboxylic acids is 1. The minimum Gasteiger partial charge on any atom is -0.481 e. The van der Waals surface area contributed by atoms with Crippen molar-refractivity contribution in [1.29, 1.82) is 0 Å². The summed E-state index contributed by atoms with van der Waals surface area (Å²) in [6, 6.07) is -0.234. The average Bonchev–Trinajstić information content (AvgIpc) is 2.18. The number of piperidine rings is 1. The highest BCUT2D eigenvalue weighted by atomic mass is 16.4. The van der Waals surface area contributed by atoms with E-state index in [-0.39, 0.29) is 12.0 Å². The maximum absolute atomic E-state index is 10.7. The molecular weight excluding hydrogens is 196 g/mol. The topological polar surface area (TPSA) is 86.8 Å². The van der Waals surface area contributed by atoms with E-state index in [1.54, 1.807) is 6.92 Å². The molecule has 0 spiro atoms. The predicted molar refractivity (Wildman–Crippen MR) is 56.5 cm³/mol. The molecule has 1 saturated heterocycles. The van der Waals surface area contributed by atoms with Crippen LogP contribution in [0.15, 0.2) is 0 Å². The SMILES string of the molecule is CC(N)C(O)CN1CCC(C(=O)O)CC1. The molecule has 1 heterocycles. The number of nitrogens with two attached hydrogens (primary N) is 1. The van der Waals surface area contributed by atoms with Gasteiger partial charge in [-0.2, -0.15) is 0 Å². The molecule has 0 saturated carbocycles. The first kappa shape index (κ1) is 12.4. The second kappa shape index (κ2) is 5.44. The third-order valence-corrected chi connectivity index (χ3v) is 2.99. The Labute approximate surface area is 89.9 Å². The standard InChI is InChI=1S/C10H20N2O3/c1-7(11)9(13)6-12-4-2-8(3-5-12)10(14)15/h7-9,13H,2-6,11H2,1H3,(H,14,15). The molecule has 0 aromatic carbocycles. The van der Waals surface area contributed by atoms with Crippen molar-refractivity contribution >= 4 is 5.97 Å². The number of hydrogen-bond donors (Lipinski definition) is 3. The number of hydrogen-bond acceptors (Lipinski definition) is 4. The Balaban J connectivity index is 2.28. The molecule has 1 aliphatic rings. The summed E-state index contributed by atoms with van der Waals surface area (Å²) < 4.78 is 0. The highest BCUT2D eigenvalue weighted by molar-refractivity contribution is 5.70. The molecule has 0 bridgehead atoms. The van der Waals surface area contributed by atoms with E-state index < -0.39 is 12.1 Å². The molecule has 2 unspecified atom stereocenters. The lowest BCUT2D eigenvalue weighted by molar-refractivity contribution is -0.143. The molecule has 2 atom stereocenters. The van der Waals surface area contributed by atoms with Crippen molar-refractivity contribution in [3.8, 4) is 0 Å². The molecule has 1 fully saturated rings. The van der Waals surface area contributed by atoms with Crippen molar-refractivity contribution in [1.82, 2.24) is 4.90 Å². The van der Waals surface area contributed by atoms with Gasteiger partial charge in [-0.3, -0.25) is 4.79 Å². The number of rotatable bonds is 4. The molecule has 4 N–H and O–H groups in total. The van der Waals surface area contributed by atoms with E-state index in [1.165, 1.54) is 0 Å². The Bertz CT molecular complexity index is 213. The third-order valence-electron chi connectivity index (χ3n) is 2.99. The Morgan fingerprint density at radius 2 is 2.07 bits per heavy atom. The molecule has 88 valence electrons. The van der Waals surface area contributed by atoms with Crippen LogP contribution in [0.25, 0.3) is 0 Å². The Hall–Kier alpha value is -0.650. The molecule has 1 rings (SSSR count). The van der Waals surface area contributed by atoms with Crippen molar-refractivity contribution < 1.29 is 15.0 Å². The number of aliphatic carboxylic acids is 1. The highest BCUT2D eigenvalue weighted by Crippen LogP contribution is 2.17. The van der Waals surface area contributed by atoms with Gasteiger partial charge >= 0.3 is 5.97 Å². The molecule has 15 heavy (non-hydrogen) atoms. The zero-order valence-corrected chi connectivity index (χ0v) is 9.09. The van der Waals surface area contributed by atoms with Crippen molar-refractivity contribution in [2.75, 3.05) is 19.6 Å². The smallest absolute Gasteiger partial charge is 0.306 e. The lowest BCUT2D eigenvalue weighted by Gasteiger charge is -2.32. The summed E-state index contributed by atoms with van der Waals surface area (Å²) in [4.78, 5) is 12.8. The lowest BCUT2D eigenvalue weighted by Crippen LogP contribution is -2.45. The number of carboxylic acid groups (broad SMARTS) is 1. The first-order valence-electron chi connectivity index (χ1n) is 5.39. The van der Waals surface area contributed by atoms with E-state index >= 15 is 0 Å². The van der Waals surface area contributed by atoms with Crippen LogP contribution in [-0.2, 0) is 4.79 Å². The van der Waals surface area contributed by atoms with Gasteiger partial charge < -0.3 is 20.8 Å². The molecule has 1 aliphatic heterocycles. The van der Waals surface area contributed by atoms with Crippen LogP contribution in [-0.4, -0.2) is 52.9 Å². The van der Waals surface area contributed by atoms with Crippen molar-refractivity contribution in [2.24, 2.45) is 11.7 Å². The van der Waals surface area contributed by atoms with Crippen LogP contribution in [0.3, 0.4) is 0 Å². The number of nitrogens with zero attached hydrogens (tertiary/aromatic N) is 1. The zero-order valence-electron chi connectivity index (χ0n) is 9.09. The van der Waals surface area contributed by atoms with E-state index in [4.69, 9.17) is 10.8 Å². The van der Waals surface area contributed by atoms with Gasteiger partial charge in [0.1, 0.15) is 0 Å². The van der Waals surface area contributed by atoms with Crippen molar-refractivity contribution in [3.05, 3.63) is 0 Å². The minimum absolute atomic E-state index is 0.214. The number of carbonyl (C=O) groups is 1. The summed E-state index contributed by atoms with van der Waals surface area (Å²) in [6.07, 6.45) is 0.813. The summed E-state index contributed by atoms with van der Waals surface area (Å²) in [5.41, 5.74) is 5.56. The molecule has 0 aromatic heterocycles. The molecule has 0 radical (unpaired) electrons. The number of aliphatic hydroxyl groups is 1. The van der Waals surface area contributed by atoms with Gasteiger partial charge in [0.05, 0.1) is 12.0 Å². The third kappa shape index (κ3) is 3.77. The van der Waals surface area contributed by atoms with Gasteiger partial charge in [-0.15, -0.1) is 0 Å². The molecular formula is C10H20N2O3. The molecule has 0 aromatic rings. The lowest BCUT2D eigenvalue weighted by atomic mass is 9.97. The summed E-state index contributed by atoms with van der Waals surface area (Å²) in [6.45, 7) is 3.79. The van der Waals surface area contributed by atoms with Gasteiger partial charge in [0, 0.05) is 12.6 Å². The molecule has 5 nitrogen and oxygen atoms in total. The van der Waals surface area contributed by atoms with Crippen LogP contribution in [0.5, 0.6) is 0 Å². The van der Waals surface area contributed by atoms with Crippen molar-refractivity contribution in [2.45, 2.75) is 31.9 Å². The van der Waals surface area contributed by atoms with E-state index in [2.05, 4.69) is 4.90 Å². The zero-order chi connectivity index (χ0) is 11.4. The van der Waals surface area contributed by atoms with Crippen LogP contribution in [0, 0.1) is 5.92 Å². The van der Waals surface area contributed by atoms with Gasteiger partial charge in [-0.05, 0) is 32.9 Å². The van der Waals surface area contributed by atoms with Gasteiger partial charge in [0.15, 0.2) is 0 Å². The van der Waals surface area contributed by atoms with Crippen LogP contribution in [0.1, 0.15) is 19.8 Å². The second-order valence-corrected chi connectivity index (χ2v) is 4.34. The van der Waals surface area contributed by atoms with Gasteiger partial charge in [-0.1, -0.05) is 0 Å². The quantitative estimate of drug-likeness (QED) is 0.589. The van der Waals surface area contributed by atoms with Crippen LogP contribution in [0.2, 0.25) is 0 Å². The van der Waals surface area contributed by atoms with Crippen molar-refractivity contribution in [3.63, 3.8) is 0 Å². The molecule has 0 aliphatic carbocycles. The van der Waals surface area contributed by atoms with Gasteiger partial charge in [0.2, 0.25) is 0 Å². The largest absolute Gasteiger partial charge is 0.481 e. The Morgan fingerprint density at radius 1 is 1.53 bits per heavy atom. The van der Waals surface area contributed by atoms with E-state index in [0.29, 0.717) is 19.4 Å². The minimum atomic E-state index is -0.706. The number of likely N-dealkylation sites (tertiary alicyclic amines) is 1. The summed E-state index contributed by atoms with van der Waals surface area (Å²) in [5, 5.41) is 18.4. The Kier molecular flexibility index (Phi) is 4.50. The number of aliphatic hydroxyl groups excluding tert-OH is 1. The second-order valence-electron chi connectivity index (χ2n) is 4.34. The van der Waals surface area contributed by atoms with Gasteiger partial charge in [-0.25, -0.2) is 0 Å². The van der Waals surface area contributed by atoms with Crippen LogP contribution >= 0.6 is 0 Å². The monoisotopic (exact) mass is 216 g/mol. The van der Waals surface area contributed by atoms with E-state index in [9.17, 15) is 9.90 Å². The fourth-order valence-corrected chi connectivity index (χ4v) is 1.79. The molecule has 5 heteroatoms.